The minimum Gasteiger partial charge on any atom is -0.494 e. The van der Waals surface area contributed by atoms with Crippen LogP contribution in [0.2, 0.25) is 0 Å². The van der Waals surface area contributed by atoms with Crippen LogP contribution in [0, 0.1) is 0 Å². The molecule has 2 aromatic rings. The summed E-state index contributed by atoms with van der Waals surface area (Å²) in [4.78, 5) is 12.3. The maximum Gasteiger partial charge on any atom is 0.343 e. The number of carbonyl (C=O) groups excluding carboxylic acids is 1. The summed E-state index contributed by atoms with van der Waals surface area (Å²) < 4.78 is 11.2. The zero-order chi connectivity index (χ0) is 20.0. The van der Waals surface area contributed by atoms with Crippen LogP contribution in [0.4, 0.5) is 0 Å². The standard InChI is InChI=1S/C25H34O3/c1-3-5-7-9-11-21-12-14-22(15-13-21)25(26)28-24-18-16-23(17-19-24)27-20-10-8-6-4-2/h12-19H,3-11,20H2,1-2H3. The van der Waals surface area contributed by atoms with Gasteiger partial charge >= 0.3 is 5.97 Å². The van der Waals surface area contributed by atoms with Crippen molar-refractivity contribution in [1.29, 1.82) is 0 Å². The van der Waals surface area contributed by atoms with Crippen molar-refractivity contribution in [3.05, 3.63) is 59.7 Å². The lowest BCUT2D eigenvalue weighted by Crippen LogP contribution is -2.08. The monoisotopic (exact) mass is 382 g/mol. The molecule has 0 atom stereocenters. The fraction of sp³-hybridized carbons (Fsp3) is 0.480. The number of rotatable bonds is 13. The van der Waals surface area contributed by atoms with Crippen LogP contribution in [-0.4, -0.2) is 12.6 Å². The topological polar surface area (TPSA) is 35.5 Å². The van der Waals surface area contributed by atoms with E-state index in [0.29, 0.717) is 11.3 Å². The molecule has 3 nitrogen and oxygen atoms in total. The Labute approximate surface area is 170 Å². The summed E-state index contributed by atoms with van der Waals surface area (Å²) in [6.07, 6.45) is 10.8. The Bertz CT molecular complexity index is 674. The van der Waals surface area contributed by atoms with Gasteiger partial charge in [0.15, 0.2) is 0 Å². The number of hydrogen-bond acceptors (Lipinski definition) is 3. The molecule has 0 fully saturated rings. The SMILES string of the molecule is CCCCCCOc1ccc(OC(=O)c2ccc(CCCCCC)cc2)cc1. The zero-order valence-corrected chi connectivity index (χ0v) is 17.4. The summed E-state index contributed by atoms with van der Waals surface area (Å²) in [7, 11) is 0. The molecule has 0 aliphatic heterocycles. The van der Waals surface area contributed by atoms with E-state index in [-0.39, 0.29) is 5.97 Å². The molecule has 2 aromatic carbocycles. The third-order valence-electron chi connectivity index (χ3n) is 4.81. The number of benzene rings is 2. The highest BCUT2D eigenvalue weighted by Gasteiger charge is 2.09. The molecule has 0 N–H and O–H groups in total. The number of unbranched alkanes of at least 4 members (excludes halogenated alkanes) is 6. The van der Waals surface area contributed by atoms with E-state index < -0.39 is 0 Å². The Hall–Kier alpha value is -2.29. The van der Waals surface area contributed by atoms with Gasteiger partial charge in [-0.3, -0.25) is 0 Å². The quantitative estimate of drug-likeness (QED) is 0.213. The van der Waals surface area contributed by atoms with E-state index in [1.165, 1.54) is 50.5 Å². The zero-order valence-electron chi connectivity index (χ0n) is 17.4. The summed E-state index contributed by atoms with van der Waals surface area (Å²) in [5.74, 6) is 1.02. The Balaban J connectivity index is 1.77. The van der Waals surface area contributed by atoms with E-state index in [4.69, 9.17) is 9.47 Å². The number of esters is 1. The first-order valence-corrected chi connectivity index (χ1v) is 10.8. The van der Waals surface area contributed by atoms with Gasteiger partial charge in [0.1, 0.15) is 11.5 Å². The normalized spacial score (nSPS) is 10.6. The Morgan fingerprint density at radius 2 is 1.32 bits per heavy atom. The second-order valence-electron chi connectivity index (χ2n) is 7.28. The highest BCUT2D eigenvalue weighted by Crippen LogP contribution is 2.19. The van der Waals surface area contributed by atoms with Crippen molar-refractivity contribution in [3.8, 4) is 11.5 Å². The van der Waals surface area contributed by atoms with E-state index in [9.17, 15) is 4.79 Å². The molecule has 0 saturated carbocycles. The molecule has 0 aliphatic rings. The largest absolute Gasteiger partial charge is 0.494 e. The summed E-state index contributed by atoms with van der Waals surface area (Å²) in [6, 6.07) is 15.0. The van der Waals surface area contributed by atoms with Gasteiger partial charge < -0.3 is 9.47 Å². The molecular formula is C25H34O3. The van der Waals surface area contributed by atoms with Crippen molar-refractivity contribution < 1.29 is 14.3 Å². The fourth-order valence-corrected chi connectivity index (χ4v) is 3.05. The average Bonchev–Trinajstić information content (AvgIpc) is 2.73. The lowest BCUT2D eigenvalue weighted by molar-refractivity contribution is 0.0734. The summed E-state index contributed by atoms with van der Waals surface area (Å²) >= 11 is 0. The van der Waals surface area contributed by atoms with Gasteiger partial charge in [0, 0.05) is 0 Å². The van der Waals surface area contributed by atoms with Crippen molar-refractivity contribution in [3.63, 3.8) is 0 Å². The van der Waals surface area contributed by atoms with E-state index >= 15 is 0 Å². The number of hydrogen-bond donors (Lipinski definition) is 0. The molecular weight excluding hydrogens is 348 g/mol. The second-order valence-corrected chi connectivity index (χ2v) is 7.28. The molecule has 2 rings (SSSR count). The van der Waals surface area contributed by atoms with Crippen molar-refractivity contribution in [1.82, 2.24) is 0 Å². The van der Waals surface area contributed by atoms with Crippen LogP contribution >= 0.6 is 0 Å². The van der Waals surface area contributed by atoms with Crippen LogP contribution in [0.3, 0.4) is 0 Å². The van der Waals surface area contributed by atoms with Crippen molar-refractivity contribution in [2.24, 2.45) is 0 Å². The molecule has 0 unspecified atom stereocenters. The fourth-order valence-electron chi connectivity index (χ4n) is 3.05. The molecule has 0 aromatic heterocycles. The smallest absolute Gasteiger partial charge is 0.343 e. The summed E-state index contributed by atoms with van der Waals surface area (Å²) in [6.45, 7) is 5.14. The second kappa shape index (κ2) is 13.0. The molecule has 3 heteroatoms. The molecule has 0 saturated heterocycles. The first-order valence-electron chi connectivity index (χ1n) is 10.8. The van der Waals surface area contributed by atoms with Gasteiger partial charge in [0.25, 0.3) is 0 Å². The van der Waals surface area contributed by atoms with E-state index in [1.54, 1.807) is 12.1 Å². The Kier molecular flexibility index (Phi) is 10.2. The molecule has 152 valence electrons. The van der Waals surface area contributed by atoms with Crippen LogP contribution in [0.25, 0.3) is 0 Å². The lowest BCUT2D eigenvalue weighted by atomic mass is 10.0. The Morgan fingerprint density at radius 1 is 0.714 bits per heavy atom. The van der Waals surface area contributed by atoms with Crippen molar-refractivity contribution in [2.45, 2.75) is 71.6 Å². The van der Waals surface area contributed by atoms with Crippen LogP contribution in [-0.2, 0) is 6.42 Å². The number of carbonyl (C=O) groups is 1. The summed E-state index contributed by atoms with van der Waals surface area (Å²) in [5, 5.41) is 0. The molecule has 0 bridgehead atoms. The average molecular weight is 383 g/mol. The van der Waals surface area contributed by atoms with Gasteiger partial charge in [0.2, 0.25) is 0 Å². The molecule has 0 spiro atoms. The minimum atomic E-state index is -0.328. The van der Waals surface area contributed by atoms with Gasteiger partial charge in [-0.1, -0.05) is 64.5 Å². The third kappa shape index (κ3) is 8.16. The molecule has 0 amide bonds. The van der Waals surface area contributed by atoms with Gasteiger partial charge in [-0.25, -0.2) is 4.79 Å². The van der Waals surface area contributed by atoms with E-state index in [1.807, 2.05) is 36.4 Å². The third-order valence-corrected chi connectivity index (χ3v) is 4.81. The molecule has 0 heterocycles. The van der Waals surface area contributed by atoms with Gasteiger partial charge in [0.05, 0.1) is 12.2 Å². The highest BCUT2D eigenvalue weighted by molar-refractivity contribution is 5.91. The van der Waals surface area contributed by atoms with Gasteiger partial charge in [-0.05, 0) is 61.2 Å². The first kappa shape index (κ1) is 22.0. The lowest BCUT2D eigenvalue weighted by Gasteiger charge is -2.08. The van der Waals surface area contributed by atoms with Crippen molar-refractivity contribution >= 4 is 5.97 Å². The van der Waals surface area contributed by atoms with Crippen LogP contribution < -0.4 is 9.47 Å². The maximum absolute atomic E-state index is 12.3. The first-order chi connectivity index (χ1) is 13.7. The molecule has 0 aliphatic carbocycles. The van der Waals surface area contributed by atoms with Crippen LogP contribution in [0.5, 0.6) is 11.5 Å². The van der Waals surface area contributed by atoms with E-state index in [2.05, 4.69) is 13.8 Å². The van der Waals surface area contributed by atoms with Crippen LogP contribution in [0.15, 0.2) is 48.5 Å². The minimum absolute atomic E-state index is 0.328. The van der Waals surface area contributed by atoms with Crippen molar-refractivity contribution in [2.75, 3.05) is 6.61 Å². The molecule has 0 radical (unpaired) electrons. The highest BCUT2D eigenvalue weighted by atomic mass is 16.5. The van der Waals surface area contributed by atoms with Crippen LogP contribution in [0.1, 0.15) is 81.1 Å². The number of aryl methyl sites for hydroxylation is 1. The van der Waals surface area contributed by atoms with Gasteiger partial charge in [-0.2, -0.15) is 0 Å². The maximum atomic E-state index is 12.3. The Morgan fingerprint density at radius 3 is 1.96 bits per heavy atom. The summed E-state index contributed by atoms with van der Waals surface area (Å²) in [5.41, 5.74) is 1.85. The van der Waals surface area contributed by atoms with E-state index in [0.717, 1.165) is 25.2 Å². The number of ether oxygens (including phenoxy) is 2. The predicted molar refractivity (Wildman–Crippen MR) is 115 cm³/mol. The van der Waals surface area contributed by atoms with Gasteiger partial charge in [-0.15, -0.1) is 0 Å². The molecule has 28 heavy (non-hydrogen) atoms. The predicted octanol–water partition coefficient (Wildman–Crippen LogP) is 6.99.